The highest BCUT2D eigenvalue weighted by Gasteiger charge is 2.14. The Morgan fingerprint density at radius 1 is 1.35 bits per heavy atom. The van der Waals surface area contributed by atoms with Crippen molar-refractivity contribution in [3.63, 3.8) is 0 Å². The molecule has 0 saturated heterocycles. The van der Waals surface area contributed by atoms with Crippen LogP contribution in [0.3, 0.4) is 0 Å². The lowest BCUT2D eigenvalue weighted by Crippen LogP contribution is -2.00. The Hall–Kier alpha value is -1.65. The van der Waals surface area contributed by atoms with E-state index >= 15 is 0 Å². The van der Waals surface area contributed by atoms with Gasteiger partial charge in [0.2, 0.25) is 0 Å². The molecule has 0 fully saturated rings. The summed E-state index contributed by atoms with van der Waals surface area (Å²) >= 11 is 0. The molecule has 0 amide bonds. The molecule has 2 rings (SSSR count). The summed E-state index contributed by atoms with van der Waals surface area (Å²) in [5.74, 6) is 2.02. The van der Waals surface area contributed by atoms with Crippen LogP contribution >= 0.6 is 0 Å². The Labute approximate surface area is 101 Å². The van der Waals surface area contributed by atoms with Crippen LogP contribution in [-0.2, 0) is 13.0 Å². The number of nitrogens with one attached hydrogen (secondary N) is 1. The minimum atomic E-state index is 0.361. The first-order valence-electron chi connectivity index (χ1n) is 6.15. The standard InChI is InChI=1S/C12H19N5/c1-5-9-7-10(17(6-2)16-9)12-13-11(8(3)4)14-15-12/h7-8H,5-6H2,1-4H3,(H,13,14,15). The molecule has 0 aliphatic carbocycles. The van der Waals surface area contributed by atoms with Gasteiger partial charge >= 0.3 is 0 Å². The summed E-state index contributed by atoms with van der Waals surface area (Å²) in [6, 6.07) is 2.07. The van der Waals surface area contributed by atoms with Crippen molar-refractivity contribution < 1.29 is 0 Å². The molecule has 0 atom stereocenters. The number of hydrogen-bond acceptors (Lipinski definition) is 3. The lowest BCUT2D eigenvalue weighted by molar-refractivity contribution is 0.652. The zero-order chi connectivity index (χ0) is 12.4. The highest BCUT2D eigenvalue weighted by molar-refractivity contribution is 5.50. The Balaban J connectivity index is 2.40. The van der Waals surface area contributed by atoms with E-state index in [1.807, 2.05) is 4.68 Å². The van der Waals surface area contributed by atoms with Crippen LogP contribution in [0.15, 0.2) is 6.07 Å². The fourth-order valence-corrected chi connectivity index (χ4v) is 1.71. The van der Waals surface area contributed by atoms with Gasteiger partial charge in [0.05, 0.1) is 5.69 Å². The van der Waals surface area contributed by atoms with Gasteiger partial charge in [-0.1, -0.05) is 20.8 Å². The maximum atomic E-state index is 4.51. The smallest absolute Gasteiger partial charge is 0.199 e. The predicted octanol–water partition coefficient (Wildman–Crippen LogP) is 2.37. The highest BCUT2D eigenvalue weighted by atomic mass is 15.3. The van der Waals surface area contributed by atoms with E-state index in [4.69, 9.17) is 0 Å². The Morgan fingerprint density at radius 3 is 2.65 bits per heavy atom. The first-order valence-corrected chi connectivity index (χ1v) is 6.15. The molecule has 0 aromatic carbocycles. The molecule has 0 bridgehead atoms. The Kier molecular flexibility index (Phi) is 3.26. The quantitative estimate of drug-likeness (QED) is 0.882. The normalized spacial score (nSPS) is 11.4. The van der Waals surface area contributed by atoms with E-state index in [1.165, 1.54) is 0 Å². The second kappa shape index (κ2) is 4.69. The molecule has 5 nitrogen and oxygen atoms in total. The van der Waals surface area contributed by atoms with Gasteiger partial charge in [0.1, 0.15) is 11.5 Å². The van der Waals surface area contributed by atoms with Gasteiger partial charge in [-0.3, -0.25) is 9.78 Å². The zero-order valence-corrected chi connectivity index (χ0v) is 10.9. The topological polar surface area (TPSA) is 59.4 Å². The maximum absolute atomic E-state index is 4.51. The molecule has 0 saturated carbocycles. The number of aromatic amines is 1. The predicted molar refractivity (Wildman–Crippen MR) is 66.7 cm³/mol. The summed E-state index contributed by atoms with van der Waals surface area (Å²) in [5, 5.41) is 11.7. The first-order chi connectivity index (χ1) is 8.15. The molecular weight excluding hydrogens is 214 g/mol. The number of hydrogen-bond donors (Lipinski definition) is 1. The van der Waals surface area contributed by atoms with Gasteiger partial charge in [-0.25, -0.2) is 4.98 Å². The molecule has 0 aliphatic rings. The van der Waals surface area contributed by atoms with Crippen molar-refractivity contribution in [2.24, 2.45) is 0 Å². The largest absolute Gasteiger partial charge is 0.262 e. The highest BCUT2D eigenvalue weighted by Crippen LogP contribution is 2.19. The summed E-state index contributed by atoms with van der Waals surface area (Å²) in [6.07, 6.45) is 0.932. The van der Waals surface area contributed by atoms with Crippen molar-refractivity contribution in [3.8, 4) is 11.5 Å². The van der Waals surface area contributed by atoms with Crippen molar-refractivity contribution in [1.29, 1.82) is 0 Å². The van der Waals surface area contributed by atoms with Crippen LogP contribution in [0, 0.1) is 0 Å². The van der Waals surface area contributed by atoms with Gasteiger partial charge in [-0.05, 0) is 19.4 Å². The summed E-state index contributed by atoms with van der Waals surface area (Å²) < 4.78 is 1.95. The second-order valence-electron chi connectivity index (χ2n) is 4.39. The lowest BCUT2D eigenvalue weighted by Gasteiger charge is -1.99. The van der Waals surface area contributed by atoms with E-state index in [2.05, 4.69) is 54.0 Å². The molecule has 5 heteroatoms. The Morgan fingerprint density at radius 2 is 2.12 bits per heavy atom. The van der Waals surface area contributed by atoms with Gasteiger partial charge < -0.3 is 0 Å². The van der Waals surface area contributed by atoms with E-state index in [-0.39, 0.29) is 0 Å². The summed E-state index contributed by atoms with van der Waals surface area (Å²) in [7, 11) is 0. The average Bonchev–Trinajstić information content (AvgIpc) is 2.94. The van der Waals surface area contributed by atoms with Crippen LogP contribution < -0.4 is 0 Å². The summed E-state index contributed by atoms with van der Waals surface area (Å²) in [6.45, 7) is 9.20. The van der Waals surface area contributed by atoms with Crippen LogP contribution in [-0.4, -0.2) is 25.0 Å². The average molecular weight is 233 g/mol. The molecule has 0 spiro atoms. The molecule has 0 radical (unpaired) electrons. The third-order valence-corrected chi connectivity index (χ3v) is 2.77. The summed E-state index contributed by atoms with van der Waals surface area (Å²) in [5.41, 5.74) is 2.07. The molecule has 0 unspecified atom stereocenters. The molecule has 0 aliphatic heterocycles. The molecule has 2 aromatic rings. The van der Waals surface area contributed by atoms with Crippen LogP contribution in [0.5, 0.6) is 0 Å². The number of aryl methyl sites for hydroxylation is 2. The van der Waals surface area contributed by atoms with Gasteiger partial charge in [-0.15, -0.1) is 0 Å². The van der Waals surface area contributed by atoms with Crippen molar-refractivity contribution in [2.75, 3.05) is 0 Å². The molecule has 2 aromatic heterocycles. The van der Waals surface area contributed by atoms with E-state index in [0.717, 1.165) is 36.0 Å². The molecule has 2 heterocycles. The van der Waals surface area contributed by atoms with E-state index < -0.39 is 0 Å². The maximum Gasteiger partial charge on any atom is 0.199 e. The molecule has 92 valence electrons. The van der Waals surface area contributed by atoms with Gasteiger partial charge in [0.15, 0.2) is 5.82 Å². The lowest BCUT2D eigenvalue weighted by atomic mass is 10.2. The fraction of sp³-hybridized carbons (Fsp3) is 0.583. The van der Waals surface area contributed by atoms with Crippen LogP contribution in [0.1, 0.15) is 45.1 Å². The fourth-order valence-electron chi connectivity index (χ4n) is 1.71. The van der Waals surface area contributed by atoms with Gasteiger partial charge in [0, 0.05) is 12.5 Å². The Bertz CT molecular complexity index is 495. The summed E-state index contributed by atoms with van der Waals surface area (Å²) in [4.78, 5) is 4.51. The minimum absolute atomic E-state index is 0.361. The molecular formula is C12H19N5. The van der Waals surface area contributed by atoms with Crippen LogP contribution in [0.4, 0.5) is 0 Å². The third-order valence-electron chi connectivity index (χ3n) is 2.77. The van der Waals surface area contributed by atoms with E-state index in [1.54, 1.807) is 0 Å². The number of rotatable bonds is 4. The zero-order valence-electron chi connectivity index (χ0n) is 10.9. The molecule has 1 N–H and O–H groups in total. The van der Waals surface area contributed by atoms with Crippen LogP contribution in [0.25, 0.3) is 11.5 Å². The number of H-pyrrole nitrogens is 1. The second-order valence-corrected chi connectivity index (χ2v) is 4.39. The van der Waals surface area contributed by atoms with Gasteiger partial charge in [0.25, 0.3) is 0 Å². The van der Waals surface area contributed by atoms with E-state index in [9.17, 15) is 0 Å². The molecule has 17 heavy (non-hydrogen) atoms. The monoisotopic (exact) mass is 233 g/mol. The number of nitrogens with zero attached hydrogens (tertiary/aromatic N) is 4. The number of aromatic nitrogens is 5. The van der Waals surface area contributed by atoms with Crippen LogP contribution in [0.2, 0.25) is 0 Å². The van der Waals surface area contributed by atoms with E-state index in [0.29, 0.717) is 5.92 Å². The van der Waals surface area contributed by atoms with Crippen molar-refractivity contribution >= 4 is 0 Å². The van der Waals surface area contributed by atoms with Gasteiger partial charge in [-0.2, -0.15) is 10.2 Å². The third kappa shape index (κ3) is 2.23. The first kappa shape index (κ1) is 11.8. The van der Waals surface area contributed by atoms with Crippen molar-refractivity contribution in [2.45, 2.75) is 46.6 Å². The minimum Gasteiger partial charge on any atom is -0.262 e. The van der Waals surface area contributed by atoms with Crippen molar-refractivity contribution in [3.05, 3.63) is 17.6 Å². The van der Waals surface area contributed by atoms with Crippen molar-refractivity contribution in [1.82, 2.24) is 25.0 Å². The SMILES string of the molecule is CCc1cc(-c2n[nH]c(C(C)C)n2)n(CC)n1.